The lowest BCUT2D eigenvalue weighted by Gasteiger charge is -2.46. The van der Waals surface area contributed by atoms with E-state index in [2.05, 4.69) is 6.92 Å². The minimum Gasteiger partial charge on any atom is -0.458 e. The highest BCUT2D eigenvalue weighted by molar-refractivity contribution is 5.87. The van der Waals surface area contributed by atoms with Gasteiger partial charge in [0.15, 0.2) is 12.2 Å². The summed E-state index contributed by atoms with van der Waals surface area (Å²) < 4.78 is 29.4. The number of fused-ring (bicyclic) bond motifs is 10. The second-order valence-electron chi connectivity index (χ2n) is 13.0. The number of esters is 3. The van der Waals surface area contributed by atoms with Gasteiger partial charge < -0.3 is 23.7 Å². The summed E-state index contributed by atoms with van der Waals surface area (Å²) in [6.07, 6.45) is 4.33. The lowest BCUT2D eigenvalue weighted by Crippen LogP contribution is -2.52. The fourth-order valence-electron chi connectivity index (χ4n) is 10.4. The largest absolute Gasteiger partial charge is 0.458 e. The summed E-state index contributed by atoms with van der Waals surface area (Å²) >= 11 is 0. The quantitative estimate of drug-likeness (QED) is 0.296. The van der Waals surface area contributed by atoms with E-state index < -0.39 is 53.8 Å². The smallest absolute Gasteiger partial charge is 0.320 e. The Morgan fingerprint density at radius 3 is 2.59 bits per heavy atom. The van der Waals surface area contributed by atoms with Gasteiger partial charge in [0.1, 0.15) is 29.6 Å². The van der Waals surface area contributed by atoms with Crippen LogP contribution in [-0.4, -0.2) is 85.7 Å². The summed E-state index contributed by atoms with van der Waals surface area (Å²) in [5.74, 6) is 1.64. The molecule has 9 nitrogen and oxygen atoms in total. The van der Waals surface area contributed by atoms with Crippen molar-refractivity contribution in [3.8, 4) is 0 Å². The molecule has 8 rings (SSSR count). The molecular formula is C28H37NO8. The van der Waals surface area contributed by atoms with Gasteiger partial charge in [-0.3, -0.25) is 19.3 Å². The Kier molecular flexibility index (Phi) is 5.11. The third-order valence-corrected chi connectivity index (χ3v) is 11.7. The fraction of sp³-hybridized carbons (Fsp3) is 0.893. The number of hydrogen-bond donors (Lipinski definition) is 0. The van der Waals surface area contributed by atoms with Crippen molar-refractivity contribution in [2.75, 3.05) is 32.8 Å². The minimum atomic E-state index is -0.782. The monoisotopic (exact) mass is 515 g/mol. The summed E-state index contributed by atoms with van der Waals surface area (Å²) in [5, 5.41) is 0. The summed E-state index contributed by atoms with van der Waals surface area (Å²) in [4.78, 5) is 41.5. The zero-order valence-corrected chi connectivity index (χ0v) is 21.4. The fourth-order valence-corrected chi connectivity index (χ4v) is 10.4. The number of carbonyl (C=O) groups excluding carboxylic acids is 3. The maximum atomic E-state index is 13.9. The number of nitrogens with zero attached hydrogens (tertiary/aromatic N) is 1. The Morgan fingerprint density at radius 1 is 1.03 bits per heavy atom. The highest BCUT2D eigenvalue weighted by Gasteiger charge is 2.73. The molecule has 4 saturated heterocycles. The van der Waals surface area contributed by atoms with Crippen molar-refractivity contribution in [2.45, 2.75) is 75.5 Å². The van der Waals surface area contributed by atoms with Crippen LogP contribution in [0.25, 0.3) is 0 Å². The molecule has 13 unspecified atom stereocenters. The molecule has 0 aromatic carbocycles. The number of rotatable bonds is 6. The van der Waals surface area contributed by atoms with Gasteiger partial charge in [0.05, 0.1) is 19.8 Å². The van der Waals surface area contributed by atoms with E-state index in [1.54, 1.807) is 0 Å². The molecule has 0 spiro atoms. The Bertz CT molecular complexity index is 1010. The first kappa shape index (κ1) is 23.2. The molecule has 0 N–H and O–H groups in total. The molecule has 9 heteroatoms. The molecule has 13 atom stereocenters. The van der Waals surface area contributed by atoms with Crippen molar-refractivity contribution in [3.05, 3.63) is 0 Å². The second kappa shape index (κ2) is 8.15. The number of hydrogen-bond acceptors (Lipinski definition) is 9. The lowest BCUT2D eigenvalue weighted by molar-refractivity contribution is -0.184. The van der Waals surface area contributed by atoms with Crippen molar-refractivity contribution in [1.82, 2.24) is 4.90 Å². The minimum absolute atomic E-state index is 0.142. The third-order valence-electron chi connectivity index (χ3n) is 11.7. The van der Waals surface area contributed by atoms with Crippen LogP contribution in [0.5, 0.6) is 0 Å². The Labute approximate surface area is 216 Å². The predicted molar refractivity (Wildman–Crippen MR) is 126 cm³/mol. The predicted octanol–water partition coefficient (Wildman–Crippen LogP) is 1.56. The maximum absolute atomic E-state index is 13.9. The van der Waals surface area contributed by atoms with Crippen molar-refractivity contribution in [2.24, 2.45) is 47.3 Å². The molecule has 37 heavy (non-hydrogen) atoms. The molecule has 0 aromatic rings. The molecule has 6 bridgehead atoms. The summed E-state index contributed by atoms with van der Waals surface area (Å²) in [6.45, 7) is 4.80. The van der Waals surface area contributed by atoms with Crippen LogP contribution in [0.3, 0.4) is 0 Å². The second-order valence-corrected chi connectivity index (χ2v) is 13.0. The molecule has 4 aliphatic carbocycles. The van der Waals surface area contributed by atoms with E-state index in [1.807, 2.05) is 4.90 Å². The third kappa shape index (κ3) is 3.16. The zero-order valence-electron chi connectivity index (χ0n) is 21.4. The maximum Gasteiger partial charge on any atom is 0.320 e. The van der Waals surface area contributed by atoms with Crippen molar-refractivity contribution < 1.29 is 38.1 Å². The van der Waals surface area contributed by atoms with Crippen LogP contribution in [-0.2, 0) is 38.1 Å². The van der Waals surface area contributed by atoms with E-state index in [0.29, 0.717) is 44.1 Å². The first-order chi connectivity index (χ1) is 18.0. The van der Waals surface area contributed by atoms with Gasteiger partial charge >= 0.3 is 17.9 Å². The van der Waals surface area contributed by atoms with Crippen LogP contribution in [0.2, 0.25) is 0 Å². The van der Waals surface area contributed by atoms with Gasteiger partial charge in [-0.05, 0) is 68.1 Å². The molecule has 0 aromatic heterocycles. The van der Waals surface area contributed by atoms with Crippen LogP contribution < -0.4 is 0 Å². The molecule has 4 aliphatic heterocycles. The van der Waals surface area contributed by atoms with Gasteiger partial charge in [-0.15, -0.1) is 0 Å². The van der Waals surface area contributed by atoms with Crippen LogP contribution in [0.1, 0.15) is 45.4 Å². The van der Waals surface area contributed by atoms with Gasteiger partial charge in [0, 0.05) is 19.0 Å². The number of ether oxygens (including phenoxy) is 5. The molecule has 0 amide bonds. The van der Waals surface area contributed by atoms with E-state index >= 15 is 0 Å². The van der Waals surface area contributed by atoms with E-state index in [4.69, 9.17) is 23.7 Å². The number of carbonyl (C=O) groups is 3. The van der Waals surface area contributed by atoms with Gasteiger partial charge in [-0.1, -0.05) is 6.92 Å². The molecule has 4 saturated carbocycles. The van der Waals surface area contributed by atoms with Crippen LogP contribution in [0.4, 0.5) is 0 Å². The average Bonchev–Trinajstić information content (AvgIpc) is 3.72. The van der Waals surface area contributed by atoms with E-state index in [0.717, 1.165) is 30.6 Å². The lowest BCUT2D eigenvalue weighted by atomic mass is 9.65. The van der Waals surface area contributed by atoms with Crippen LogP contribution >= 0.6 is 0 Å². The zero-order chi connectivity index (χ0) is 25.1. The van der Waals surface area contributed by atoms with E-state index in [1.165, 1.54) is 25.7 Å². The topological polar surface area (TPSA) is 101 Å². The van der Waals surface area contributed by atoms with Gasteiger partial charge in [0.25, 0.3) is 0 Å². The number of morpholine rings is 1. The Hall–Kier alpha value is -1.71. The SMILES string of the molecule is CCC1(OC(=O)C2C3OC4C(OC(=O)C42)C3OC(=O)CN2CCOCC2)CC2CC1C1C3CCC(C3)C21. The van der Waals surface area contributed by atoms with Crippen molar-refractivity contribution in [3.63, 3.8) is 0 Å². The molecular weight excluding hydrogens is 478 g/mol. The Morgan fingerprint density at radius 2 is 1.81 bits per heavy atom. The first-order valence-corrected chi connectivity index (χ1v) is 14.6. The molecule has 8 aliphatic rings. The summed E-state index contributed by atoms with van der Waals surface area (Å²) in [5.41, 5.74) is -0.445. The highest BCUT2D eigenvalue weighted by atomic mass is 16.7. The van der Waals surface area contributed by atoms with E-state index in [-0.39, 0.29) is 12.5 Å². The molecule has 4 heterocycles. The Balaban J connectivity index is 0.999. The summed E-state index contributed by atoms with van der Waals surface area (Å²) in [7, 11) is 0. The van der Waals surface area contributed by atoms with Crippen molar-refractivity contribution in [1.29, 1.82) is 0 Å². The van der Waals surface area contributed by atoms with Crippen LogP contribution in [0, 0.1) is 47.3 Å². The van der Waals surface area contributed by atoms with Gasteiger partial charge in [-0.2, -0.15) is 0 Å². The van der Waals surface area contributed by atoms with E-state index in [9.17, 15) is 14.4 Å². The molecule has 0 radical (unpaired) electrons. The summed E-state index contributed by atoms with van der Waals surface area (Å²) in [6, 6.07) is 0. The normalized spacial score (nSPS) is 52.5. The highest BCUT2D eigenvalue weighted by Crippen LogP contribution is 2.71. The molecule has 8 fully saturated rings. The first-order valence-electron chi connectivity index (χ1n) is 14.6. The molecule has 202 valence electrons. The van der Waals surface area contributed by atoms with Crippen LogP contribution in [0.15, 0.2) is 0 Å². The standard InChI is InChI=1S/C28H37NO8/c1-2-28(11-15-10-16(28)19-14-4-3-13(9-14)18(15)19)37-27(32)21-20-22-25(36-26(20)31)24(23(21)35-22)34-17(30)12-29-5-7-33-8-6-29/h13-16,18-25H,2-12H2,1H3. The van der Waals surface area contributed by atoms with Gasteiger partial charge in [-0.25, -0.2) is 0 Å². The van der Waals surface area contributed by atoms with Crippen molar-refractivity contribution >= 4 is 17.9 Å². The van der Waals surface area contributed by atoms with Gasteiger partial charge in [0.2, 0.25) is 0 Å². The average molecular weight is 516 g/mol.